The van der Waals surface area contributed by atoms with Gasteiger partial charge in [0.1, 0.15) is 0 Å². The Morgan fingerprint density at radius 3 is 1.88 bits per heavy atom. The first-order chi connectivity index (χ1) is 12.3. The van der Waals surface area contributed by atoms with Gasteiger partial charge in [-0.1, -0.05) is 51.1 Å². The minimum absolute atomic E-state index is 0.0642. The predicted molar refractivity (Wildman–Crippen MR) is 105 cm³/mol. The summed E-state index contributed by atoms with van der Waals surface area (Å²) in [5.74, 6) is -0.252. The second-order valence-corrected chi connectivity index (χ2v) is 7.21. The van der Waals surface area contributed by atoms with E-state index in [9.17, 15) is 9.59 Å². The summed E-state index contributed by atoms with van der Waals surface area (Å²) < 4.78 is 0. The van der Waals surface area contributed by atoms with Crippen LogP contribution in [-0.2, 0) is 12.0 Å². The van der Waals surface area contributed by atoms with Crippen LogP contribution in [-0.4, -0.2) is 18.4 Å². The third-order valence-corrected chi connectivity index (χ3v) is 4.09. The van der Waals surface area contributed by atoms with Crippen molar-refractivity contribution in [1.29, 1.82) is 0 Å². The molecule has 0 aliphatic carbocycles. The number of hydrogen-bond donors (Lipinski definition) is 2. The van der Waals surface area contributed by atoms with E-state index in [4.69, 9.17) is 0 Å². The molecular formula is C22H26N2O2. The van der Waals surface area contributed by atoms with Crippen LogP contribution in [0.25, 0.3) is 0 Å². The Morgan fingerprint density at radius 2 is 1.38 bits per heavy atom. The Labute approximate surface area is 155 Å². The van der Waals surface area contributed by atoms with Crippen LogP contribution in [0.3, 0.4) is 0 Å². The van der Waals surface area contributed by atoms with Crippen molar-refractivity contribution in [3.8, 4) is 0 Å². The molecular weight excluding hydrogens is 324 g/mol. The summed E-state index contributed by atoms with van der Waals surface area (Å²) in [6.07, 6.45) is 1.63. The number of amides is 2. The molecule has 136 valence electrons. The van der Waals surface area contributed by atoms with Crippen LogP contribution >= 0.6 is 0 Å². The van der Waals surface area contributed by atoms with Crippen molar-refractivity contribution < 1.29 is 9.59 Å². The molecule has 0 aliphatic rings. The molecule has 0 saturated heterocycles. The highest BCUT2D eigenvalue weighted by atomic mass is 16.2. The fourth-order valence-corrected chi connectivity index (χ4v) is 2.45. The van der Waals surface area contributed by atoms with Gasteiger partial charge in [0.15, 0.2) is 0 Å². The van der Waals surface area contributed by atoms with E-state index >= 15 is 0 Å². The molecule has 2 aromatic rings. The lowest BCUT2D eigenvalue weighted by molar-refractivity contribution is 0.0944. The Hall–Kier alpha value is -2.88. The van der Waals surface area contributed by atoms with Crippen molar-refractivity contribution in [1.82, 2.24) is 10.6 Å². The first kappa shape index (κ1) is 19.4. The molecule has 0 unspecified atom stereocenters. The minimum atomic E-state index is -0.139. The number of nitrogens with one attached hydrogen (secondary N) is 2. The monoisotopic (exact) mass is 350 g/mol. The van der Waals surface area contributed by atoms with E-state index < -0.39 is 0 Å². The van der Waals surface area contributed by atoms with Crippen LogP contribution in [0, 0.1) is 0 Å². The number of rotatable bonds is 6. The quantitative estimate of drug-likeness (QED) is 0.778. The van der Waals surface area contributed by atoms with E-state index in [0.717, 1.165) is 5.56 Å². The lowest BCUT2D eigenvalue weighted by Crippen LogP contribution is -2.24. The van der Waals surface area contributed by atoms with Crippen LogP contribution in [0.2, 0.25) is 0 Å². The van der Waals surface area contributed by atoms with E-state index in [1.54, 1.807) is 18.2 Å². The van der Waals surface area contributed by atoms with Crippen LogP contribution in [0.15, 0.2) is 61.2 Å². The first-order valence-corrected chi connectivity index (χ1v) is 8.68. The molecule has 26 heavy (non-hydrogen) atoms. The molecule has 0 atom stereocenters. The molecule has 0 saturated carbocycles. The first-order valence-electron chi connectivity index (χ1n) is 8.68. The Kier molecular flexibility index (Phi) is 6.34. The molecule has 0 fully saturated rings. The summed E-state index contributed by atoms with van der Waals surface area (Å²) in [5, 5.41) is 5.63. The van der Waals surface area contributed by atoms with E-state index in [2.05, 4.69) is 38.0 Å². The predicted octanol–water partition coefficient (Wildman–Crippen LogP) is 3.83. The zero-order valence-corrected chi connectivity index (χ0v) is 15.6. The third-order valence-electron chi connectivity index (χ3n) is 4.09. The molecule has 0 aromatic heterocycles. The van der Waals surface area contributed by atoms with Crippen molar-refractivity contribution in [3.05, 3.63) is 83.4 Å². The van der Waals surface area contributed by atoms with Crippen molar-refractivity contribution in [2.75, 3.05) is 6.54 Å². The van der Waals surface area contributed by atoms with Crippen LogP contribution in [0.1, 0.15) is 52.6 Å². The van der Waals surface area contributed by atoms with Gasteiger partial charge in [-0.05, 0) is 40.8 Å². The number of benzene rings is 2. The van der Waals surface area contributed by atoms with Crippen molar-refractivity contribution >= 4 is 11.8 Å². The molecule has 0 radical (unpaired) electrons. The van der Waals surface area contributed by atoms with Gasteiger partial charge in [-0.3, -0.25) is 9.59 Å². The largest absolute Gasteiger partial charge is 0.349 e. The van der Waals surface area contributed by atoms with E-state index in [-0.39, 0.29) is 17.2 Å². The molecule has 0 bridgehead atoms. The lowest BCUT2D eigenvalue weighted by atomic mass is 9.87. The highest BCUT2D eigenvalue weighted by Gasteiger charge is 2.14. The lowest BCUT2D eigenvalue weighted by Gasteiger charge is -2.19. The minimum Gasteiger partial charge on any atom is -0.349 e. The fraction of sp³-hybridized carbons (Fsp3) is 0.273. The maximum atomic E-state index is 12.3. The summed E-state index contributed by atoms with van der Waals surface area (Å²) in [5.41, 5.74) is 3.41. The molecule has 4 nitrogen and oxygen atoms in total. The summed E-state index contributed by atoms with van der Waals surface area (Å²) in [6, 6.07) is 14.9. The van der Waals surface area contributed by atoms with Crippen molar-refractivity contribution in [3.63, 3.8) is 0 Å². The molecule has 0 heterocycles. The number of hydrogen-bond acceptors (Lipinski definition) is 2. The highest BCUT2D eigenvalue weighted by molar-refractivity contribution is 5.95. The zero-order valence-electron chi connectivity index (χ0n) is 15.6. The van der Waals surface area contributed by atoms with Crippen LogP contribution in [0.5, 0.6) is 0 Å². The van der Waals surface area contributed by atoms with Gasteiger partial charge in [-0.2, -0.15) is 0 Å². The van der Waals surface area contributed by atoms with Gasteiger partial charge in [-0.15, -0.1) is 6.58 Å². The third kappa shape index (κ3) is 5.31. The molecule has 2 N–H and O–H groups in total. The van der Waals surface area contributed by atoms with Crippen LogP contribution < -0.4 is 10.6 Å². The van der Waals surface area contributed by atoms with Crippen molar-refractivity contribution in [2.24, 2.45) is 0 Å². The molecule has 0 spiro atoms. The van der Waals surface area contributed by atoms with Crippen molar-refractivity contribution in [2.45, 2.75) is 32.7 Å². The second kappa shape index (κ2) is 8.48. The zero-order chi connectivity index (χ0) is 19.2. The van der Waals surface area contributed by atoms with Gasteiger partial charge in [-0.25, -0.2) is 0 Å². The standard InChI is InChI=1S/C22H26N2O2/c1-5-14-23-20(25)17-8-6-16(7-9-17)15-24-21(26)18-10-12-19(13-11-18)22(2,3)4/h5-13H,1,14-15H2,2-4H3,(H,23,25)(H,24,26). The molecule has 2 rings (SSSR count). The average molecular weight is 350 g/mol. The van der Waals surface area contributed by atoms with E-state index in [1.807, 2.05) is 36.4 Å². The molecule has 4 heteroatoms. The van der Waals surface area contributed by atoms with Gasteiger partial charge >= 0.3 is 0 Å². The topological polar surface area (TPSA) is 58.2 Å². The van der Waals surface area contributed by atoms with Crippen LogP contribution in [0.4, 0.5) is 0 Å². The SMILES string of the molecule is C=CCNC(=O)c1ccc(CNC(=O)c2ccc(C(C)(C)C)cc2)cc1. The normalized spacial score (nSPS) is 10.9. The molecule has 2 amide bonds. The van der Waals surface area contributed by atoms with E-state index in [1.165, 1.54) is 5.56 Å². The van der Waals surface area contributed by atoms with Gasteiger partial charge in [0.2, 0.25) is 0 Å². The second-order valence-electron chi connectivity index (χ2n) is 7.21. The maximum absolute atomic E-state index is 12.3. The maximum Gasteiger partial charge on any atom is 0.251 e. The van der Waals surface area contributed by atoms with Gasteiger partial charge in [0.25, 0.3) is 11.8 Å². The average Bonchev–Trinajstić information content (AvgIpc) is 2.64. The fourth-order valence-electron chi connectivity index (χ4n) is 2.45. The van der Waals surface area contributed by atoms with E-state index in [0.29, 0.717) is 24.2 Å². The Bertz CT molecular complexity index is 769. The summed E-state index contributed by atoms with van der Waals surface area (Å²) in [4.78, 5) is 24.1. The summed E-state index contributed by atoms with van der Waals surface area (Å²) in [6.45, 7) is 10.8. The highest BCUT2D eigenvalue weighted by Crippen LogP contribution is 2.22. The summed E-state index contributed by atoms with van der Waals surface area (Å²) >= 11 is 0. The molecule has 0 aliphatic heterocycles. The van der Waals surface area contributed by atoms with Gasteiger partial charge < -0.3 is 10.6 Å². The number of carbonyl (C=O) groups excluding carboxylic acids is 2. The van der Waals surface area contributed by atoms with Gasteiger partial charge in [0.05, 0.1) is 0 Å². The summed E-state index contributed by atoms with van der Waals surface area (Å²) in [7, 11) is 0. The Morgan fingerprint density at radius 1 is 0.885 bits per heavy atom. The smallest absolute Gasteiger partial charge is 0.251 e. The molecule has 2 aromatic carbocycles. The Balaban J connectivity index is 1.92. The number of carbonyl (C=O) groups is 2. The van der Waals surface area contributed by atoms with Gasteiger partial charge in [0, 0.05) is 24.2 Å².